The van der Waals surface area contributed by atoms with Crippen molar-refractivity contribution in [2.75, 3.05) is 66.8 Å². The Kier molecular flexibility index (Phi) is 7.20. The van der Waals surface area contributed by atoms with E-state index in [0.29, 0.717) is 67.1 Å². The minimum atomic E-state index is -0.876. The highest BCUT2D eigenvalue weighted by molar-refractivity contribution is 6.46. The highest BCUT2D eigenvalue weighted by Gasteiger charge is 2.47. The van der Waals surface area contributed by atoms with Gasteiger partial charge in [-0.05, 0) is 24.3 Å². The molecule has 196 valence electrons. The van der Waals surface area contributed by atoms with Crippen LogP contribution >= 0.6 is 0 Å². The number of para-hydroxylation sites is 1. The first-order valence-corrected chi connectivity index (χ1v) is 12.2. The Labute approximate surface area is 214 Å². The molecule has 1 unspecified atom stereocenters. The third-order valence-electron chi connectivity index (χ3n) is 6.84. The van der Waals surface area contributed by atoms with Crippen LogP contribution in [0.5, 0.6) is 23.0 Å². The highest BCUT2D eigenvalue weighted by atomic mass is 16.6. The first-order chi connectivity index (χ1) is 18.0. The van der Waals surface area contributed by atoms with Crippen LogP contribution in [0.3, 0.4) is 0 Å². The fraction of sp³-hybridized carbons (Fsp3) is 0.407. The summed E-state index contributed by atoms with van der Waals surface area (Å²) in [4.78, 5) is 30.5. The van der Waals surface area contributed by atoms with Gasteiger partial charge in [0.05, 0.1) is 39.0 Å². The van der Waals surface area contributed by atoms with E-state index in [2.05, 4.69) is 4.90 Å². The number of benzene rings is 2. The van der Waals surface area contributed by atoms with E-state index in [9.17, 15) is 14.7 Å². The van der Waals surface area contributed by atoms with Crippen molar-refractivity contribution in [1.29, 1.82) is 0 Å². The first-order valence-electron chi connectivity index (χ1n) is 12.2. The topological polar surface area (TPSA) is 107 Å². The van der Waals surface area contributed by atoms with Crippen LogP contribution in [0, 0.1) is 0 Å². The number of aliphatic hydroxyl groups is 1. The van der Waals surface area contributed by atoms with Gasteiger partial charge in [0.2, 0.25) is 0 Å². The van der Waals surface area contributed by atoms with Crippen LogP contribution in [-0.2, 0) is 14.3 Å². The molecule has 2 aromatic carbocycles. The summed E-state index contributed by atoms with van der Waals surface area (Å²) in [6.45, 7) is 4.39. The van der Waals surface area contributed by atoms with Crippen LogP contribution in [0.4, 0.5) is 0 Å². The molecular weight excluding hydrogens is 480 g/mol. The molecule has 0 radical (unpaired) electrons. The average molecular weight is 511 g/mol. The van der Waals surface area contributed by atoms with Gasteiger partial charge in [0.1, 0.15) is 19.0 Å². The van der Waals surface area contributed by atoms with Crippen molar-refractivity contribution < 1.29 is 38.4 Å². The van der Waals surface area contributed by atoms with Crippen molar-refractivity contribution in [3.05, 3.63) is 53.1 Å². The van der Waals surface area contributed by atoms with E-state index in [1.165, 1.54) is 19.1 Å². The third-order valence-corrected chi connectivity index (χ3v) is 6.84. The van der Waals surface area contributed by atoms with E-state index in [4.69, 9.17) is 23.7 Å². The van der Waals surface area contributed by atoms with Gasteiger partial charge >= 0.3 is 0 Å². The van der Waals surface area contributed by atoms with Crippen molar-refractivity contribution in [3.8, 4) is 23.0 Å². The molecule has 0 bridgehead atoms. The number of ether oxygens (including phenoxy) is 5. The molecule has 2 aromatic rings. The van der Waals surface area contributed by atoms with Gasteiger partial charge in [-0.2, -0.15) is 0 Å². The summed E-state index contributed by atoms with van der Waals surface area (Å²) >= 11 is 0. The Morgan fingerprint density at radius 2 is 1.73 bits per heavy atom. The Balaban J connectivity index is 1.60. The van der Waals surface area contributed by atoms with Gasteiger partial charge in [0, 0.05) is 37.3 Å². The number of Topliss-reactive ketones (excluding diaryl/α,β-unsaturated/α-hetero) is 1. The SMILES string of the molecule is COc1cccc(C2/C(=C(\O)c3ccc4c(c3)OCCO4)C(=O)C(=O)N2CCN2CCOCC2)c1OC. The molecule has 37 heavy (non-hydrogen) atoms. The van der Waals surface area contributed by atoms with Crippen LogP contribution < -0.4 is 18.9 Å². The van der Waals surface area contributed by atoms with Crippen molar-refractivity contribution in [2.45, 2.75) is 6.04 Å². The number of hydrogen-bond donors (Lipinski definition) is 1. The molecule has 0 aliphatic carbocycles. The maximum atomic E-state index is 13.4. The van der Waals surface area contributed by atoms with Gasteiger partial charge in [0.25, 0.3) is 11.7 Å². The number of hydrogen-bond acceptors (Lipinski definition) is 9. The molecule has 1 amide bonds. The third kappa shape index (κ3) is 4.70. The number of methoxy groups -OCH3 is 2. The van der Waals surface area contributed by atoms with Crippen LogP contribution in [0.25, 0.3) is 5.76 Å². The molecule has 10 heteroatoms. The number of nitrogens with zero attached hydrogens (tertiary/aromatic N) is 2. The molecule has 0 saturated carbocycles. The molecular formula is C27H30N2O8. The zero-order valence-corrected chi connectivity index (χ0v) is 20.9. The van der Waals surface area contributed by atoms with Crippen LogP contribution in [0.15, 0.2) is 42.0 Å². The average Bonchev–Trinajstić information content (AvgIpc) is 3.20. The number of carbonyl (C=O) groups excluding carboxylic acids is 2. The molecule has 0 spiro atoms. The van der Waals surface area contributed by atoms with Gasteiger partial charge in [-0.25, -0.2) is 0 Å². The number of likely N-dealkylation sites (tertiary alicyclic amines) is 1. The lowest BCUT2D eigenvalue weighted by atomic mass is 9.94. The minimum absolute atomic E-state index is 0.0183. The Morgan fingerprint density at radius 1 is 0.973 bits per heavy atom. The lowest BCUT2D eigenvalue weighted by Crippen LogP contribution is -2.42. The van der Waals surface area contributed by atoms with E-state index in [1.54, 1.807) is 36.4 Å². The fourth-order valence-electron chi connectivity index (χ4n) is 4.98. The second-order valence-electron chi connectivity index (χ2n) is 8.89. The van der Waals surface area contributed by atoms with E-state index < -0.39 is 17.7 Å². The quantitative estimate of drug-likeness (QED) is 0.341. The summed E-state index contributed by atoms with van der Waals surface area (Å²) in [7, 11) is 3.02. The summed E-state index contributed by atoms with van der Waals surface area (Å²) in [5.74, 6) is 0.136. The van der Waals surface area contributed by atoms with E-state index in [1.807, 2.05) is 0 Å². The maximum absolute atomic E-state index is 13.4. The molecule has 1 N–H and O–H groups in total. The van der Waals surface area contributed by atoms with Crippen molar-refractivity contribution >= 4 is 17.4 Å². The molecule has 2 fully saturated rings. The number of aliphatic hydroxyl groups excluding tert-OH is 1. The highest BCUT2D eigenvalue weighted by Crippen LogP contribution is 2.46. The molecule has 1 atom stereocenters. The normalized spacial score (nSPS) is 21.2. The summed E-state index contributed by atoms with van der Waals surface area (Å²) in [6, 6.07) is 9.34. The van der Waals surface area contributed by atoms with E-state index >= 15 is 0 Å². The molecule has 3 heterocycles. The predicted octanol–water partition coefficient (Wildman–Crippen LogP) is 2.23. The van der Waals surface area contributed by atoms with Gasteiger partial charge in [0.15, 0.2) is 23.0 Å². The van der Waals surface area contributed by atoms with Crippen LogP contribution in [-0.4, -0.2) is 93.4 Å². The largest absolute Gasteiger partial charge is 0.507 e. The number of carbonyl (C=O) groups is 2. The molecule has 0 aromatic heterocycles. The molecule has 3 aliphatic heterocycles. The van der Waals surface area contributed by atoms with E-state index in [-0.39, 0.29) is 17.9 Å². The Morgan fingerprint density at radius 3 is 2.46 bits per heavy atom. The summed E-state index contributed by atoms with van der Waals surface area (Å²) < 4.78 is 27.8. The zero-order valence-electron chi connectivity index (χ0n) is 20.9. The Hall–Kier alpha value is -3.76. The monoisotopic (exact) mass is 510 g/mol. The number of rotatable bonds is 7. The first kappa shape index (κ1) is 24.9. The Bertz CT molecular complexity index is 1220. The molecule has 5 rings (SSSR count). The predicted molar refractivity (Wildman–Crippen MR) is 133 cm³/mol. The van der Waals surface area contributed by atoms with Gasteiger partial charge in [-0.1, -0.05) is 12.1 Å². The zero-order chi connectivity index (χ0) is 25.9. The second-order valence-corrected chi connectivity index (χ2v) is 8.89. The standard InChI is InChI=1S/C27H30N2O8/c1-33-20-5-3-4-18(26(20)34-2)23-22(24(30)17-6-7-19-21(16-17)37-15-14-36-19)25(31)27(32)29(23)9-8-28-10-12-35-13-11-28/h3-7,16,23,30H,8-15H2,1-2H3/b24-22+. The smallest absolute Gasteiger partial charge is 0.295 e. The molecule has 10 nitrogen and oxygen atoms in total. The lowest BCUT2D eigenvalue weighted by molar-refractivity contribution is -0.140. The van der Waals surface area contributed by atoms with Crippen LogP contribution in [0.1, 0.15) is 17.2 Å². The molecule has 2 saturated heterocycles. The minimum Gasteiger partial charge on any atom is -0.507 e. The summed E-state index contributed by atoms with van der Waals surface area (Å²) in [5.41, 5.74) is 0.875. The van der Waals surface area contributed by atoms with Crippen molar-refractivity contribution in [2.24, 2.45) is 0 Å². The number of amides is 1. The van der Waals surface area contributed by atoms with Crippen molar-refractivity contribution in [3.63, 3.8) is 0 Å². The van der Waals surface area contributed by atoms with Crippen molar-refractivity contribution in [1.82, 2.24) is 9.80 Å². The summed E-state index contributed by atoms with van der Waals surface area (Å²) in [5, 5.41) is 11.5. The number of ketones is 1. The number of morpholine rings is 1. The molecule has 3 aliphatic rings. The fourth-order valence-corrected chi connectivity index (χ4v) is 4.98. The van der Waals surface area contributed by atoms with Gasteiger partial charge in [-0.3, -0.25) is 14.5 Å². The van der Waals surface area contributed by atoms with Gasteiger partial charge < -0.3 is 33.7 Å². The second kappa shape index (κ2) is 10.7. The number of fused-ring (bicyclic) bond motifs is 1. The summed E-state index contributed by atoms with van der Waals surface area (Å²) in [6.07, 6.45) is 0. The van der Waals surface area contributed by atoms with Crippen LogP contribution in [0.2, 0.25) is 0 Å². The maximum Gasteiger partial charge on any atom is 0.295 e. The van der Waals surface area contributed by atoms with Gasteiger partial charge in [-0.15, -0.1) is 0 Å². The lowest BCUT2D eigenvalue weighted by Gasteiger charge is -2.31. The van der Waals surface area contributed by atoms with E-state index in [0.717, 1.165) is 13.1 Å².